The smallest absolute Gasteiger partial charge is 0.410 e. The Morgan fingerprint density at radius 2 is 1.95 bits per heavy atom. The first kappa shape index (κ1) is 15.0. The van der Waals surface area contributed by atoms with Gasteiger partial charge in [-0.1, -0.05) is 30.3 Å². The largest absolute Gasteiger partial charge is 0.468 e. The van der Waals surface area contributed by atoms with Gasteiger partial charge in [0, 0.05) is 0 Å². The molecule has 1 heterocycles. The van der Waals surface area contributed by atoms with Crippen molar-refractivity contribution < 1.29 is 23.9 Å². The number of hydrogen-bond donors (Lipinski definition) is 0. The van der Waals surface area contributed by atoms with Crippen LogP contribution in [0, 0.1) is 5.92 Å². The highest BCUT2D eigenvalue weighted by Gasteiger charge is 2.46. The van der Waals surface area contributed by atoms with Gasteiger partial charge in [-0.2, -0.15) is 0 Å². The van der Waals surface area contributed by atoms with E-state index in [9.17, 15) is 14.4 Å². The van der Waals surface area contributed by atoms with E-state index < -0.39 is 24.0 Å². The lowest BCUT2D eigenvalue weighted by atomic mass is 10.0. The minimum Gasteiger partial charge on any atom is -0.468 e. The number of carbonyl (C=O) groups excluding carboxylic acids is 3. The van der Waals surface area contributed by atoms with Gasteiger partial charge in [0.15, 0.2) is 5.78 Å². The van der Waals surface area contributed by atoms with E-state index in [1.54, 1.807) is 6.92 Å². The van der Waals surface area contributed by atoms with Crippen molar-refractivity contribution in [2.45, 2.75) is 19.6 Å². The van der Waals surface area contributed by atoms with E-state index in [-0.39, 0.29) is 18.9 Å². The lowest BCUT2D eigenvalue weighted by molar-refractivity contribution is -0.148. The summed E-state index contributed by atoms with van der Waals surface area (Å²) < 4.78 is 9.77. The second-order valence-electron chi connectivity index (χ2n) is 4.88. The van der Waals surface area contributed by atoms with E-state index in [1.807, 2.05) is 30.3 Å². The number of nitrogens with zero attached hydrogens (tertiary/aromatic N) is 1. The zero-order valence-corrected chi connectivity index (χ0v) is 11.9. The number of hydrogen-bond acceptors (Lipinski definition) is 5. The van der Waals surface area contributed by atoms with Crippen molar-refractivity contribution in [3.8, 4) is 0 Å². The Morgan fingerprint density at radius 1 is 1.29 bits per heavy atom. The molecule has 1 aromatic carbocycles. The first-order valence-electron chi connectivity index (χ1n) is 6.62. The monoisotopic (exact) mass is 291 g/mol. The van der Waals surface area contributed by atoms with Gasteiger partial charge >= 0.3 is 12.1 Å². The molecule has 1 amide bonds. The molecular weight excluding hydrogens is 274 g/mol. The van der Waals surface area contributed by atoms with Crippen molar-refractivity contribution in [3.05, 3.63) is 35.9 Å². The summed E-state index contributed by atoms with van der Waals surface area (Å²) in [5, 5.41) is 0. The van der Waals surface area contributed by atoms with E-state index in [1.165, 1.54) is 12.0 Å². The number of esters is 1. The Morgan fingerprint density at radius 3 is 2.57 bits per heavy atom. The fourth-order valence-corrected chi connectivity index (χ4v) is 2.35. The van der Waals surface area contributed by atoms with Crippen LogP contribution in [0.2, 0.25) is 0 Å². The zero-order chi connectivity index (χ0) is 15.4. The lowest BCUT2D eigenvalue weighted by Crippen LogP contribution is -2.38. The summed E-state index contributed by atoms with van der Waals surface area (Å²) in [6.45, 7) is 1.63. The minimum absolute atomic E-state index is 0.125. The van der Waals surface area contributed by atoms with Crippen molar-refractivity contribution in [1.82, 2.24) is 4.90 Å². The molecule has 1 aliphatic rings. The molecule has 6 heteroatoms. The number of carbonyl (C=O) groups is 3. The predicted octanol–water partition coefficient (Wildman–Crippen LogP) is 1.39. The number of rotatable bonds is 3. The molecule has 0 bridgehead atoms. The molecule has 0 spiro atoms. The maximum atomic E-state index is 12.0. The molecular formula is C15H17NO5. The third-order valence-corrected chi connectivity index (χ3v) is 3.54. The molecule has 6 nitrogen and oxygen atoms in total. The van der Waals surface area contributed by atoms with Crippen LogP contribution in [-0.2, 0) is 25.7 Å². The number of amides is 1. The fraction of sp³-hybridized carbons (Fsp3) is 0.400. The third kappa shape index (κ3) is 3.21. The van der Waals surface area contributed by atoms with Crippen molar-refractivity contribution in [2.75, 3.05) is 13.7 Å². The fourth-order valence-electron chi connectivity index (χ4n) is 2.35. The maximum Gasteiger partial charge on any atom is 0.410 e. The quantitative estimate of drug-likeness (QED) is 0.621. The molecule has 1 fully saturated rings. The van der Waals surface area contributed by atoms with E-state index in [2.05, 4.69) is 4.74 Å². The number of methoxy groups -OCH3 is 1. The average Bonchev–Trinajstić information content (AvgIpc) is 2.80. The Balaban J connectivity index is 1.97. The number of benzene rings is 1. The van der Waals surface area contributed by atoms with E-state index in [4.69, 9.17) is 4.74 Å². The van der Waals surface area contributed by atoms with Crippen molar-refractivity contribution in [1.29, 1.82) is 0 Å². The van der Waals surface area contributed by atoms with Crippen molar-refractivity contribution in [3.63, 3.8) is 0 Å². The van der Waals surface area contributed by atoms with Crippen LogP contribution in [0.15, 0.2) is 30.3 Å². The normalized spacial score (nSPS) is 21.2. The first-order valence-corrected chi connectivity index (χ1v) is 6.62. The molecule has 0 aliphatic carbocycles. The number of Topliss-reactive ketones (excluding diaryl/α,β-unsaturated/α-hetero) is 1. The van der Waals surface area contributed by atoms with Gasteiger partial charge in [-0.3, -0.25) is 14.5 Å². The molecule has 21 heavy (non-hydrogen) atoms. The van der Waals surface area contributed by atoms with E-state index in [0.29, 0.717) is 0 Å². The standard InChI is InChI=1S/C15H17NO5/c1-10-13(14(18)20-2)12(17)8-16(10)15(19)21-9-11-6-4-3-5-7-11/h3-7,10,13H,8-9H2,1-2H3/t10-,13?/m0/s1. The summed E-state index contributed by atoms with van der Waals surface area (Å²) in [7, 11) is 1.22. The van der Waals surface area contributed by atoms with Crippen LogP contribution >= 0.6 is 0 Å². The molecule has 1 aliphatic heterocycles. The number of ketones is 1. The molecule has 0 saturated carbocycles. The molecule has 1 saturated heterocycles. The van der Waals surface area contributed by atoms with Crippen LogP contribution in [0.4, 0.5) is 4.79 Å². The Bertz CT molecular complexity index is 542. The van der Waals surface area contributed by atoms with Crippen molar-refractivity contribution in [2.24, 2.45) is 5.92 Å². The van der Waals surface area contributed by atoms with Gasteiger partial charge in [-0.25, -0.2) is 4.79 Å². The summed E-state index contributed by atoms with van der Waals surface area (Å²) in [6.07, 6.45) is -0.605. The van der Waals surface area contributed by atoms with Gasteiger partial charge in [0.05, 0.1) is 19.7 Å². The van der Waals surface area contributed by atoms with Gasteiger partial charge in [0.2, 0.25) is 0 Å². The van der Waals surface area contributed by atoms with Crippen LogP contribution in [0.3, 0.4) is 0 Å². The minimum atomic E-state index is -0.931. The van der Waals surface area contributed by atoms with Crippen LogP contribution in [-0.4, -0.2) is 42.4 Å². The van der Waals surface area contributed by atoms with E-state index >= 15 is 0 Å². The van der Waals surface area contributed by atoms with E-state index in [0.717, 1.165) is 5.56 Å². The van der Waals surface area contributed by atoms with Crippen molar-refractivity contribution >= 4 is 17.8 Å². The van der Waals surface area contributed by atoms with Gasteiger partial charge in [0.25, 0.3) is 0 Å². The summed E-state index contributed by atoms with van der Waals surface area (Å²) in [6, 6.07) is 8.67. The Kier molecular flexibility index (Phi) is 4.57. The summed E-state index contributed by atoms with van der Waals surface area (Å²) in [5.41, 5.74) is 0.855. The van der Waals surface area contributed by atoms with Gasteiger partial charge in [-0.05, 0) is 12.5 Å². The molecule has 2 atom stereocenters. The SMILES string of the molecule is COC(=O)C1C(=O)CN(C(=O)OCc2ccccc2)[C@H]1C. The summed E-state index contributed by atoms with van der Waals surface area (Å²) in [4.78, 5) is 36.7. The highest BCUT2D eigenvalue weighted by molar-refractivity contribution is 6.04. The van der Waals surface area contributed by atoms with Crippen LogP contribution in [0.25, 0.3) is 0 Å². The Hall–Kier alpha value is -2.37. The zero-order valence-electron chi connectivity index (χ0n) is 11.9. The maximum absolute atomic E-state index is 12.0. The van der Waals surface area contributed by atoms with Crippen LogP contribution in [0.5, 0.6) is 0 Å². The first-order chi connectivity index (χ1) is 10.0. The third-order valence-electron chi connectivity index (χ3n) is 3.54. The number of ether oxygens (including phenoxy) is 2. The molecule has 0 radical (unpaired) electrons. The molecule has 112 valence electrons. The average molecular weight is 291 g/mol. The van der Waals surface area contributed by atoms with Crippen LogP contribution in [0.1, 0.15) is 12.5 Å². The Labute approximate surface area is 122 Å². The second kappa shape index (κ2) is 6.39. The van der Waals surface area contributed by atoms with Gasteiger partial charge in [0.1, 0.15) is 12.5 Å². The molecule has 1 aromatic rings. The summed E-state index contributed by atoms with van der Waals surface area (Å²) >= 11 is 0. The van der Waals surface area contributed by atoms with Gasteiger partial charge < -0.3 is 9.47 Å². The topological polar surface area (TPSA) is 72.9 Å². The molecule has 0 aromatic heterocycles. The molecule has 1 unspecified atom stereocenters. The molecule has 2 rings (SSSR count). The lowest BCUT2D eigenvalue weighted by Gasteiger charge is -2.21. The van der Waals surface area contributed by atoms with Crippen LogP contribution < -0.4 is 0 Å². The second-order valence-corrected chi connectivity index (χ2v) is 4.88. The predicted molar refractivity (Wildman–Crippen MR) is 73.3 cm³/mol. The highest BCUT2D eigenvalue weighted by Crippen LogP contribution is 2.23. The van der Waals surface area contributed by atoms with Gasteiger partial charge in [-0.15, -0.1) is 0 Å². The molecule has 0 N–H and O–H groups in total. The highest BCUT2D eigenvalue weighted by atomic mass is 16.6. The number of likely N-dealkylation sites (tertiary alicyclic amines) is 1. The summed E-state index contributed by atoms with van der Waals surface area (Å²) in [5.74, 6) is -1.88.